The van der Waals surface area contributed by atoms with Crippen molar-refractivity contribution in [3.63, 3.8) is 0 Å². The first-order chi connectivity index (χ1) is 13.4. The molecule has 0 saturated carbocycles. The Labute approximate surface area is 169 Å². The van der Waals surface area contributed by atoms with Gasteiger partial charge in [0.2, 0.25) is 17.7 Å². The third-order valence-electron chi connectivity index (χ3n) is 3.35. The number of rotatable bonds is 13. The molecular weight excluding hydrogens is 416 g/mol. The molecule has 4 atom stereocenters. The number of hydrogen-bond acceptors (Lipinski definition) is 9. The molecule has 29 heavy (non-hydrogen) atoms. The molecule has 0 aromatic heterocycles. The van der Waals surface area contributed by atoms with Crippen molar-refractivity contribution in [3.05, 3.63) is 0 Å². The van der Waals surface area contributed by atoms with Gasteiger partial charge in [-0.05, 0) is 0 Å². The first-order valence-electron chi connectivity index (χ1n) is 7.97. The van der Waals surface area contributed by atoms with Gasteiger partial charge in [-0.3, -0.25) is 24.0 Å². The lowest BCUT2D eigenvalue weighted by Crippen LogP contribution is -2.58. The molecule has 0 aliphatic heterocycles. The summed E-state index contributed by atoms with van der Waals surface area (Å²) in [5, 5.41) is 41.3. The van der Waals surface area contributed by atoms with Gasteiger partial charge in [0.1, 0.15) is 24.2 Å². The van der Waals surface area contributed by atoms with Crippen molar-refractivity contribution in [2.24, 2.45) is 5.73 Å². The third-order valence-corrected chi connectivity index (χ3v) is 3.72. The molecule has 0 aliphatic rings. The number of carbonyl (C=O) groups excluding carboxylic acids is 3. The largest absolute Gasteiger partial charge is 0.481 e. The molecule has 0 radical (unpaired) electrons. The molecule has 0 bridgehead atoms. The number of aliphatic hydroxyl groups excluding tert-OH is 1. The van der Waals surface area contributed by atoms with E-state index in [-0.39, 0.29) is 5.75 Å². The number of amides is 3. The van der Waals surface area contributed by atoms with E-state index < -0.39 is 79.2 Å². The molecule has 9 N–H and O–H groups in total. The summed E-state index contributed by atoms with van der Waals surface area (Å²) in [6.45, 7) is -0.769. The van der Waals surface area contributed by atoms with Crippen LogP contribution in [0.15, 0.2) is 0 Å². The minimum absolute atomic E-state index is 0.360. The molecule has 14 nitrogen and oxygen atoms in total. The summed E-state index contributed by atoms with van der Waals surface area (Å²) in [6.07, 6.45) is -1.81. The van der Waals surface area contributed by atoms with Gasteiger partial charge in [-0.1, -0.05) is 0 Å². The molecule has 0 heterocycles. The third kappa shape index (κ3) is 9.72. The van der Waals surface area contributed by atoms with Crippen LogP contribution in [-0.2, 0) is 28.8 Å². The predicted octanol–water partition coefficient (Wildman–Crippen LogP) is -4.28. The van der Waals surface area contributed by atoms with E-state index in [0.717, 1.165) is 0 Å². The quantitative estimate of drug-likeness (QED) is 0.124. The van der Waals surface area contributed by atoms with Crippen molar-refractivity contribution in [2.75, 3.05) is 12.4 Å². The number of hydrogen-bond donors (Lipinski definition) is 9. The van der Waals surface area contributed by atoms with Crippen LogP contribution in [0.3, 0.4) is 0 Å². The zero-order valence-electron chi connectivity index (χ0n) is 14.9. The second-order valence-corrected chi connectivity index (χ2v) is 6.05. The summed E-state index contributed by atoms with van der Waals surface area (Å²) < 4.78 is 0. The van der Waals surface area contributed by atoms with Crippen LogP contribution in [0.2, 0.25) is 0 Å². The molecule has 0 fully saturated rings. The topological polar surface area (TPSA) is 245 Å². The van der Waals surface area contributed by atoms with Gasteiger partial charge in [0.15, 0.2) is 0 Å². The second kappa shape index (κ2) is 12.5. The van der Waals surface area contributed by atoms with E-state index in [2.05, 4.69) is 17.9 Å². The molecule has 164 valence electrons. The maximum absolute atomic E-state index is 12.3. The molecule has 0 saturated heterocycles. The van der Waals surface area contributed by atoms with E-state index in [4.69, 9.17) is 26.2 Å². The summed E-state index contributed by atoms with van der Waals surface area (Å²) in [7, 11) is 0. The van der Waals surface area contributed by atoms with Crippen molar-refractivity contribution >= 4 is 48.3 Å². The highest BCUT2D eigenvalue weighted by molar-refractivity contribution is 7.80. The van der Waals surface area contributed by atoms with Crippen LogP contribution in [0.1, 0.15) is 12.8 Å². The first kappa shape index (κ1) is 26.1. The number of aliphatic carboxylic acids is 3. The van der Waals surface area contributed by atoms with Crippen molar-refractivity contribution in [1.29, 1.82) is 0 Å². The van der Waals surface area contributed by atoms with Gasteiger partial charge in [0.05, 0.1) is 19.4 Å². The zero-order chi connectivity index (χ0) is 22.7. The normalized spacial score (nSPS) is 14.6. The minimum atomic E-state index is -1.78. The fraction of sp³-hybridized carbons (Fsp3) is 0.571. The number of carboxylic acid groups (broad SMARTS) is 3. The number of carboxylic acids is 3. The summed E-state index contributed by atoms with van der Waals surface area (Å²) in [6, 6.07) is -6.34. The van der Waals surface area contributed by atoms with Crippen LogP contribution in [0.5, 0.6) is 0 Å². The molecule has 0 aromatic rings. The number of carbonyl (C=O) groups is 6. The number of aliphatic hydroxyl groups is 1. The van der Waals surface area contributed by atoms with Crippen LogP contribution in [0, 0.1) is 0 Å². The lowest BCUT2D eigenvalue weighted by Gasteiger charge is -2.23. The predicted molar refractivity (Wildman–Crippen MR) is 96.8 cm³/mol. The van der Waals surface area contributed by atoms with Crippen LogP contribution < -0.4 is 21.7 Å². The van der Waals surface area contributed by atoms with Gasteiger partial charge < -0.3 is 42.1 Å². The zero-order valence-corrected chi connectivity index (χ0v) is 15.8. The molecule has 0 aliphatic carbocycles. The SMILES string of the molecule is NC(CO)C(=O)NC(CC(=O)O)C(=O)NC(CS)C(=O)NC(CC(=O)O)C(=O)O. The lowest BCUT2D eigenvalue weighted by molar-refractivity contribution is -0.147. The first-order valence-corrected chi connectivity index (χ1v) is 8.60. The van der Waals surface area contributed by atoms with Crippen molar-refractivity contribution < 1.29 is 49.2 Å². The van der Waals surface area contributed by atoms with Crippen molar-refractivity contribution in [1.82, 2.24) is 16.0 Å². The second-order valence-electron chi connectivity index (χ2n) is 5.69. The Balaban J connectivity index is 5.23. The highest BCUT2D eigenvalue weighted by Gasteiger charge is 2.31. The highest BCUT2D eigenvalue weighted by atomic mass is 32.1. The van der Waals surface area contributed by atoms with Crippen molar-refractivity contribution in [2.45, 2.75) is 37.0 Å². The van der Waals surface area contributed by atoms with E-state index in [1.807, 2.05) is 10.6 Å². The Kier molecular flexibility index (Phi) is 11.3. The highest BCUT2D eigenvalue weighted by Crippen LogP contribution is 2.00. The lowest BCUT2D eigenvalue weighted by atomic mass is 10.1. The summed E-state index contributed by atoms with van der Waals surface area (Å²) in [5.41, 5.74) is 5.27. The number of nitrogens with one attached hydrogen (secondary N) is 3. The molecule has 3 amide bonds. The molecule has 4 unspecified atom stereocenters. The Morgan fingerprint density at radius 3 is 1.59 bits per heavy atom. The van der Waals surface area contributed by atoms with E-state index in [1.54, 1.807) is 0 Å². The fourth-order valence-corrected chi connectivity index (χ4v) is 2.12. The van der Waals surface area contributed by atoms with Gasteiger partial charge in [-0.25, -0.2) is 4.79 Å². The molecular formula is C14H22N4O10S. The molecule has 0 spiro atoms. The maximum Gasteiger partial charge on any atom is 0.326 e. The maximum atomic E-state index is 12.3. The average Bonchev–Trinajstić information content (AvgIpc) is 2.62. The Morgan fingerprint density at radius 2 is 1.17 bits per heavy atom. The van der Waals surface area contributed by atoms with Crippen LogP contribution in [-0.4, -0.2) is 92.6 Å². The number of nitrogens with two attached hydrogens (primary N) is 1. The molecule has 0 rings (SSSR count). The van der Waals surface area contributed by atoms with Gasteiger partial charge in [-0.15, -0.1) is 0 Å². The van der Waals surface area contributed by atoms with Gasteiger partial charge in [0.25, 0.3) is 0 Å². The monoisotopic (exact) mass is 438 g/mol. The van der Waals surface area contributed by atoms with Gasteiger partial charge >= 0.3 is 17.9 Å². The standard InChI is InChI=1S/C14H22N4O10S/c15-5(3-19)11(24)16-6(1-9(20)21)12(25)18-8(4-29)13(26)17-7(14(27)28)2-10(22)23/h5-8,19,29H,1-4,15H2,(H,16,24)(H,17,26)(H,18,25)(H,20,21)(H,22,23)(H,27,28). The Morgan fingerprint density at radius 1 is 0.759 bits per heavy atom. The molecule has 0 aromatic carbocycles. The van der Waals surface area contributed by atoms with E-state index >= 15 is 0 Å². The van der Waals surface area contributed by atoms with E-state index in [0.29, 0.717) is 0 Å². The van der Waals surface area contributed by atoms with E-state index in [1.165, 1.54) is 0 Å². The summed E-state index contributed by atoms with van der Waals surface area (Å²) in [5.74, 6) is -8.18. The van der Waals surface area contributed by atoms with Crippen LogP contribution in [0.25, 0.3) is 0 Å². The summed E-state index contributed by atoms with van der Waals surface area (Å²) in [4.78, 5) is 68.7. The fourth-order valence-electron chi connectivity index (χ4n) is 1.86. The Bertz CT molecular complexity index is 658. The smallest absolute Gasteiger partial charge is 0.326 e. The Hall–Kier alpha value is -2.91. The van der Waals surface area contributed by atoms with Gasteiger partial charge in [0, 0.05) is 5.75 Å². The molecule has 15 heteroatoms. The van der Waals surface area contributed by atoms with Crippen LogP contribution in [0.4, 0.5) is 0 Å². The number of thiol groups is 1. The minimum Gasteiger partial charge on any atom is -0.481 e. The van der Waals surface area contributed by atoms with E-state index in [9.17, 15) is 28.8 Å². The van der Waals surface area contributed by atoms with Gasteiger partial charge in [-0.2, -0.15) is 12.6 Å². The van der Waals surface area contributed by atoms with Crippen LogP contribution >= 0.6 is 12.6 Å². The average molecular weight is 438 g/mol. The van der Waals surface area contributed by atoms with Crippen molar-refractivity contribution in [3.8, 4) is 0 Å². The summed E-state index contributed by atoms with van der Waals surface area (Å²) >= 11 is 3.83.